The van der Waals surface area contributed by atoms with Crippen molar-refractivity contribution in [3.05, 3.63) is 47.3 Å². The molecule has 0 spiro atoms. The summed E-state index contributed by atoms with van der Waals surface area (Å²) in [4.78, 5) is 31.7. The first kappa shape index (κ1) is 19.6. The number of amides is 2. The van der Waals surface area contributed by atoms with Gasteiger partial charge in [0.15, 0.2) is 5.16 Å². The van der Waals surface area contributed by atoms with E-state index in [0.717, 1.165) is 17.0 Å². The Morgan fingerprint density at radius 1 is 1.12 bits per heavy atom. The van der Waals surface area contributed by atoms with Gasteiger partial charge in [-0.25, -0.2) is 15.4 Å². The molecule has 0 saturated heterocycles. The number of carbonyl (C=O) groups excluding carboxylic acids is 2. The van der Waals surface area contributed by atoms with Gasteiger partial charge in [-0.05, 0) is 44.5 Å². The molecule has 0 atom stereocenters. The number of thioether (sulfide) groups is 1. The van der Waals surface area contributed by atoms with Gasteiger partial charge in [0.1, 0.15) is 0 Å². The summed E-state index contributed by atoms with van der Waals surface area (Å²) in [5.41, 5.74) is 6.39. The minimum absolute atomic E-state index is 0.143. The van der Waals surface area contributed by atoms with E-state index in [9.17, 15) is 9.59 Å². The molecule has 2 N–H and O–H groups in total. The molecule has 2 amide bonds. The summed E-state index contributed by atoms with van der Waals surface area (Å²) in [5, 5.41) is 7.40. The van der Waals surface area contributed by atoms with Gasteiger partial charge in [-0.15, -0.1) is 0 Å². The molecule has 0 fully saturated rings. The van der Waals surface area contributed by atoms with Crippen molar-refractivity contribution in [1.29, 1.82) is 0 Å². The number of aromatic nitrogens is 2. The summed E-state index contributed by atoms with van der Waals surface area (Å²) in [6.07, 6.45) is 0. The predicted molar refractivity (Wildman–Crippen MR) is 103 cm³/mol. The van der Waals surface area contributed by atoms with Gasteiger partial charge >= 0.3 is 0 Å². The molecule has 0 radical (unpaired) electrons. The molecule has 1 aromatic heterocycles. The summed E-state index contributed by atoms with van der Waals surface area (Å²) in [6.45, 7) is 7.02. The first-order chi connectivity index (χ1) is 12.3. The van der Waals surface area contributed by atoms with Crippen molar-refractivity contribution in [2.24, 2.45) is 5.10 Å². The molecule has 0 aliphatic carbocycles. The predicted octanol–water partition coefficient (Wildman–Crippen LogP) is 2.68. The number of anilines is 1. The lowest BCUT2D eigenvalue weighted by atomic mass is 10.1. The molecule has 2 aromatic rings. The molecule has 136 valence electrons. The van der Waals surface area contributed by atoms with Crippen molar-refractivity contribution in [2.45, 2.75) is 32.9 Å². The minimum atomic E-state index is -0.241. The van der Waals surface area contributed by atoms with Gasteiger partial charge in [-0.2, -0.15) is 5.10 Å². The first-order valence-electron chi connectivity index (χ1n) is 7.99. The highest BCUT2D eigenvalue weighted by Crippen LogP contribution is 2.14. The van der Waals surface area contributed by atoms with Crippen molar-refractivity contribution >= 4 is 35.0 Å². The number of nitrogens with zero attached hydrogens (tertiary/aromatic N) is 3. The smallest absolute Gasteiger partial charge is 0.250 e. The van der Waals surface area contributed by atoms with Gasteiger partial charge < -0.3 is 5.32 Å². The third-order valence-electron chi connectivity index (χ3n) is 3.24. The van der Waals surface area contributed by atoms with Crippen molar-refractivity contribution < 1.29 is 9.59 Å². The molecule has 1 aromatic carbocycles. The summed E-state index contributed by atoms with van der Waals surface area (Å²) in [5.74, 6) is -0.211. The number of rotatable bonds is 6. The van der Waals surface area contributed by atoms with E-state index in [2.05, 4.69) is 25.8 Å². The van der Waals surface area contributed by atoms with E-state index in [-0.39, 0.29) is 17.6 Å². The van der Waals surface area contributed by atoms with E-state index in [1.807, 2.05) is 32.0 Å². The Labute approximate surface area is 156 Å². The van der Waals surface area contributed by atoms with E-state index in [1.54, 1.807) is 19.1 Å². The van der Waals surface area contributed by atoms with Gasteiger partial charge in [0.25, 0.3) is 5.91 Å². The largest absolute Gasteiger partial charge is 0.326 e. The lowest BCUT2D eigenvalue weighted by molar-refractivity contribution is -0.118. The van der Waals surface area contributed by atoms with Crippen LogP contribution in [0.2, 0.25) is 0 Å². The van der Waals surface area contributed by atoms with Crippen LogP contribution in [-0.2, 0) is 9.59 Å². The van der Waals surface area contributed by atoms with Gasteiger partial charge in [0, 0.05) is 24.0 Å². The average Bonchev–Trinajstić information content (AvgIpc) is 2.56. The molecule has 2 rings (SSSR count). The standard InChI is InChI=1S/C18H21N5O2S/c1-11-8-12(2)20-18(19-11)26-10-17(25)23-22-13(3)15-6-5-7-16(9-15)21-14(4)24/h5-9H,10H2,1-4H3,(H,21,24)(H,23,25). The highest BCUT2D eigenvalue weighted by molar-refractivity contribution is 7.99. The Morgan fingerprint density at radius 3 is 2.46 bits per heavy atom. The maximum atomic E-state index is 12.0. The fourth-order valence-corrected chi connectivity index (χ4v) is 2.90. The maximum Gasteiger partial charge on any atom is 0.250 e. The second-order valence-corrected chi connectivity index (χ2v) is 6.66. The number of nitrogens with one attached hydrogen (secondary N) is 2. The van der Waals surface area contributed by atoms with E-state index >= 15 is 0 Å². The molecule has 7 nitrogen and oxygen atoms in total. The third-order valence-corrected chi connectivity index (χ3v) is 4.09. The van der Waals surface area contributed by atoms with E-state index in [4.69, 9.17) is 0 Å². The number of hydrogen-bond acceptors (Lipinski definition) is 6. The number of aryl methyl sites for hydroxylation is 2. The fraction of sp³-hybridized carbons (Fsp3) is 0.278. The van der Waals surface area contributed by atoms with Gasteiger partial charge in [0.2, 0.25) is 5.91 Å². The fourth-order valence-electron chi connectivity index (χ4n) is 2.16. The molecule has 0 saturated carbocycles. The molecule has 0 bridgehead atoms. The van der Waals surface area contributed by atoms with Crippen LogP contribution in [0.15, 0.2) is 40.6 Å². The second-order valence-electron chi connectivity index (χ2n) is 5.72. The van der Waals surface area contributed by atoms with Crippen molar-refractivity contribution in [3.63, 3.8) is 0 Å². The summed E-state index contributed by atoms with van der Waals surface area (Å²) in [7, 11) is 0. The van der Waals surface area contributed by atoms with Crippen molar-refractivity contribution in [3.8, 4) is 0 Å². The monoisotopic (exact) mass is 371 g/mol. The summed E-state index contributed by atoms with van der Waals surface area (Å²) < 4.78 is 0. The molecule has 8 heteroatoms. The first-order valence-corrected chi connectivity index (χ1v) is 8.98. The minimum Gasteiger partial charge on any atom is -0.326 e. The zero-order valence-corrected chi connectivity index (χ0v) is 16.0. The van der Waals surface area contributed by atoms with Gasteiger partial charge in [-0.3, -0.25) is 9.59 Å². The molecule has 1 heterocycles. The van der Waals surface area contributed by atoms with Crippen LogP contribution in [0, 0.1) is 13.8 Å². The van der Waals surface area contributed by atoms with E-state index in [1.165, 1.54) is 18.7 Å². The average molecular weight is 371 g/mol. The summed E-state index contributed by atoms with van der Waals surface area (Å²) in [6, 6.07) is 9.14. The number of hydrogen-bond donors (Lipinski definition) is 2. The molecule has 0 unspecified atom stereocenters. The van der Waals surface area contributed by atoms with Crippen LogP contribution in [0.25, 0.3) is 0 Å². The van der Waals surface area contributed by atoms with Crippen LogP contribution in [0.3, 0.4) is 0 Å². The number of benzene rings is 1. The van der Waals surface area contributed by atoms with Crippen LogP contribution in [-0.4, -0.2) is 33.2 Å². The third kappa shape index (κ3) is 6.29. The Morgan fingerprint density at radius 2 is 1.81 bits per heavy atom. The van der Waals surface area contributed by atoms with Crippen LogP contribution in [0.4, 0.5) is 5.69 Å². The van der Waals surface area contributed by atoms with Crippen molar-refractivity contribution in [1.82, 2.24) is 15.4 Å². The molecular weight excluding hydrogens is 350 g/mol. The van der Waals surface area contributed by atoms with E-state index < -0.39 is 0 Å². The Hall–Kier alpha value is -2.74. The van der Waals surface area contributed by atoms with Crippen LogP contribution in [0.1, 0.15) is 30.8 Å². The Kier molecular flexibility index (Phi) is 6.85. The van der Waals surface area contributed by atoms with E-state index in [0.29, 0.717) is 16.6 Å². The highest BCUT2D eigenvalue weighted by Gasteiger charge is 2.06. The quantitative estimate of drug-likeness (QED) is 0.352. The molecule has 26 heavy (non-hydrogen) atoms. The van der Waals surface area contributed by atoms with Gasteiger partial charge in [-0.1, -0.05) is 23.9 Å². The van der Waals surface area contributed by atoms with Crippen LogP contribution in [0.5, 0.6) is 0 Å². The van der Waals surface area contributed by atoms with Crippen molar-refractivity contribution in [2.75, 3.05) is 11.1 Å². The Balaban J connectivity index is 1.93. The SMILES string of the molecule is CC(=O)Nc1cccc(C(C)=NNC(=O)CSc2nc(C)cc(C)n2)c1. The number of carbonyl (C=O) groups is 2. The van der Waals surface area contributed by atoms with Crippen LogP contribution >= 0.6 is 11.8 Å². The molecule has 0 aliphatic heterocycles. The molecular formula is C18H21N5O2S. The zero-order valence-electron chi connectivity index (χ0n) is 15.2. The highest BCUT2D eigenvalue weighted by atomic mass is 32.2. The lowest BCUT2D eigenvalue weighted by Gasteiger charge is -2.06. The zero-order chi connectivity index (χ0) is 19.1. The second kappa shape index (κ2) is 9.10. The normalized spacial score (nSPS) is 11.2. The maximum absolute atomic E-state index is 12.0. The molecule has 0 aliphatic rings. The lowest BCUT2D eigenvalue weighted by Crippen LogP contribution is -2.21. The Bertz CT molecular complexity index is 831. The topological polar surface area (TPSA) is 96.3 Å². The number of hydrazone groups is 1. The van der Waals surface area contributed by atoms with Crippen LogP contribution < -0.4 is 10.7 Å². The summed E-state index contributed by atoms with van der Waals surface area (Å²) >= 11 is 1.26. The van der Waals surface area contributed by atoms with Gasteiger partial charge in [0.05, 0.1) is 11.5 Å².